The van der Waals surface area contributed by atoms with Gasteiger partial charge in [-0.15, -0.1) is 0 Å². The second-order valence-electron chi connectivity index (χ2n) is 19.0. The van der Waals surface area contributed by atoms with Gasteiger partial charge < -0.3 is 63.8 Å². The van der Waals surface area contributed by atoms with Gasteiger partial charge in [0.05, 0.1) is 53.1 Å². The van der Waals surface area contributed by atoms with Gasteiger partial charge in [0, 0.05) is 43.6 Å². The molecule has 0 radical (unpaired) electrons. The minimum atomic E-state index is -1.81. The molecule has 5 rings (SSSR count). The fourth-order valence-electron chi connectivity index (χ4n) is 9.94. The van der Waals surface area contributed by atoms with E-state index in [4.69, 9.17) is 33.2 Å². The lowest BCUT2D eigenvalue weighted by molar-refractivity contribution is -0.314. The van der Waals surface area contributed by atoms with Crippen molar-refractivity contribution in [1.29, 1.82) is 0 Å². The summed E-state index contributed by atoms with van der Waals surface area (Å²) in [6.45, 7) is 18.3. The third-order valence-corrected chi connectivity index (χ3v) is 13.8. The van der Waals surface area contributed by atoms with Gasteiger partial charge in [-0.1, -0.05) is 26.8 Å². The summed E-state index contributed by atoms with van der Waals surface area (Å²) in [5.74, 6) is -2.00. The van der Waals surface area contributed by atoms with Gasteiger partial charge in [0.1, 0.15) is 29.7 Å². The van der Waals surface area contributed by atoms with E-state index in [1.165, 1.54) is 14.0 Å². The first-order chi connectivity index (χ1) is 28.6. The van der Waals surface area contributed by atoms with Crippen LogP contribution in [0.25, 0.3) is 10.9 Å². The third-order valence-electron chi connectivity index (χ3n) is 13.8. The SMILES string of the molecule is CC[C@H]1OC(=O)[C@H](C)[C@@H](O[C@H]2C[C@@](C)(OC)[C@@H](O)[C@H](C)O2)[C@H](C)[C@@H](O[C@@H]2O[C@H](C)C[C@H](NC)[C@H]2Oc2ccc3ncccc3c2)[C@](C)(O)C[C@@H](C)CN(C)[C@H](C)[C@@H](O)[C@]1(C)O. The number of nitrogens with one attached hydrogen (secondary N) is 1. The average molecular weight is 862 g/mol. The lowest BCUT2D eigenvalue weighted by Crippen LogP contribution is -2.61. The first-order valence-corrected chi connectivity index (χ1v) is 22.1. The first kappa shape index (κ1) is 49.5. The molecule has 15 nitrogen and oxygen atoms in total. The molecule has 1 aromatic carbocycles. The number of ether oxygens (including phenoxy) is 7. The van der Waals surface area contributed by atoms with Crippen LogP contribution in [0.3, 0.4) is 0 Å². The number of benzene rings is 1. The highest BCUT2D eigenvalue weighted by atomic mass is 16.7. The highest BCUT2D eigenvalue weighted by Gasteiger charge is 2.53. The number of aromatic nitrogens is 1. The minimum Gasteiger partial charge on any atom is -0.483 e. The average Bonchev–Trinajstić information content (AvgIpc) is 3.21. The van der Waals surface area contributed by atoms with Crippen molar-refractivity contribution in [2.24, 2.45) is 17.8 Å². The molecule has 3 aliphatic heterocycles. The van der Waals surface area contributed by atoms with Crippen LogP contribution in [0.2, 0.25) is 0 Å². The molecule has 0 spiro atoms. The van der Waals surface area contributed by atoms with Crippen LogP contribution in [-0.2, 0) is 33.2 Å². The Balaban J connectivity index is 1.61. The number of rotatable bonds is 9. The number of hydrogen-bond acceptors (Lipinski definition) is 15. The Morgan fingerprint density at radius 2 is 1.67 bits per heavy atom. The topological polar surface area (TPSA) is 191 Å². The summed E-state index contributed by atoms with van der Waals surface area (Å²) in [4.78, 5) is 20.9. The molecule has 0 amide bonds. The van der Waals surface area contributed by atoms with Crippen LogP contribution in [0.4, 0.5) is 0 Å². The van der Waals surface area contributed by atoms with E-state index in [9.17, 15) is 25.2 Å². The van der Waals surface area contributed by atoms with Crippen LogP contribution >= 0.6 is 0 Å². The van der Waals surface area contributed by atoms with Crippen molar-refractivity contribution >= 4 is 16.9 Å². The van der Waals surface area contributed by atoms with E-state index in [1.54, 1.807) is 40.8 Å². The molecule has 5 N–H and O–H groups in total. The Kier molecular flexibility index (Phi) is 16.3. The monoisotopic (exact) mass is 862 g/mol. The largest absolute Gasteiger partial charge is 0.483 e. The van der Waals surface area contributed by atoms with Crippen LogP contribution in [-0.4, -0.2) is 154 Å². The zero-order chi connectivity index (χ0) is 45.2. The Hall–Kier alpha value is -2.54. The predicted octanol–water partition coefficient (Wildman–Crippen LogP) is 4.19. The van der Waals surface area contributed by atoms with E-state index in [0.29, 0.717) is 18.7 Å². The van der Waals surface area contributed by atoms with Crippen LogP contribution in [0.5, 0.6) is 5.75 Å². The fraction of sp³-hybridized carbons (Fsp3) is 0.783. The van der Waals surface area contributed by atoms with Crippen LogP contribution in [0, 0.1) is 17.8 Å². The standard InChI is InChI=1S/C46H75N3O12/c1-14-35-46(10,54)39(50)29(6)49(12)24-25(2)22-44(8,53)41(27(4)37(28(5)42(52)59-35)60-36-23-45(9,55-13)40(51)30(7)57-36)61-43-38(34(47-11)20-26(3)56-43)58-32-17-18-33-31(21-32)16-15-19-48-33/h15-19,21,25-30,34-41,43,47,50-51,53-54H,14,20,22-24H2,1-13H3/t25-,26-,27+,28-,29-,30+,34+,35-,36+,37+,38-,39-,40+,41-,43+,44-,45-,46-/m1/s1. The van der Waals surface area contributed by atoms with E-state index in [1.807, 2.05) is 77.0 Å². The first-order valence-electron chi connectivity index (χ1n) is 22.1. The molecule has 3 saturated heterocycles. The number of aliphatic hydroxyl groups excluding tert-OH is 2. The van der Waals surface area contributed by atoms with E-state index in [0.717, 1.165) is 10.9 Å². The molecule has 61 heavy (non-hydrogen) atoms. The number of hydrogen-bond donors (Lipinski definition) is 5. The number of carbonyl (C=O) groups excluding carboxylic acids is 1. The maximum atomic E-state index is 14.5. The Labute approximate surface area is 362 Å². The van der Waals surface area contributed by atoms with Crippen molar-refractivity contribution < 1.29 is 58.4 Å². The Morgan fingerprint density at radius 3 is 2.33 bits per heavy atom. The number of nitrogens with zero attached hydrogens (tertiary/aromatic N) is 2. The van der Waals surface area contributed by atoms with Gasteiger partial charge in [0.2, 0.25) is 0 Å². The van der Waals surface area contributed by atoms with Gasteiger partial charge in [-0.05, 0) is 112 Å². The second-order valence-corrected chi connectivity index (χ2v) is 19.0. The maximum Gasteiger partial charge on any atom is 0.311 e. The van der Waals surface area contributed by atoms with Crippen LogP contribution < -0.4 is 10.1 Å². The third kappa shape index (κ3) is 11.1. The highest BCUT2D eigenvalue weighted by Crippen LogP contribution is 2.40. The molecule has 15 heteroatoms. The van der Waals surface area contributed by atoms with Crippen molar-refractivity contribution in [3.05, 3.63) is 36.5 Å². The zero-order valence-corrected chi connectivity index (χ0v) is 38.6. The molecular formula is C46H75N3O12. The molecule has 0 aliphatic carbocycles. The van der Waals surface area contributed by atoms with E-state index in [-0.39, 0.29) is 37.3 Å². The molecule has 18 atom stereocenters. The van der Waals surface area contributed by atoms with E-state index in [2.05, 4.69) is 10.3 Å². The lowest BCUT2D eigenvalue weighted by Gasteiger charge is -2.48. The van der Waals surface area contributed by atoms with Crippen molar-refractivity contribution in [2.45, 2.75) is 185 Å². The number of aliphatic hydroxyl groups is 4. The summed E-state index contributed by atoms with van der Waals surface area (Å²) in [5, 5.41) is 51.7. The van der Waals surface area contributed by atoms with Crippen molar-refractivity contribution in [3.63, 3.8) is 0 Å². The quantitative estimate of drug-likeness (QED) is 0.226. The molecule has 0 unspecified atom stereocenters. The van der Waals surface area contributed by atoms with Crippen LogP contribution in [0.15, 0.2) is 36.5 Å². The number of likely N-dealkylation sites (N-methyl/N-ethyl adjacent to an activating group) is 2. The number of fused-ring (bicyclic) bond motifs is 1. The zero-order valence-electron chi connectivity index (χ0n) is 38.6. The van der Waals surface area contributed by atoms with E-state index >= 15 is 0 Å². The summed E-state index contributed by atoms with van der Waals surface area (Å²) >= 11 is 0. The van der Waals surface area contributed by atoms with Crippen molar-refractivity contribution in [1.82, 2.24) is 15.2 Å². The summed E-state index contributed by atoms with van der Waals surface area (Å²) < 4.78 is 45.5. The predicted molar refractivity (Wildman–Crippen MR) is 230 cm³/mol. The summed E-state index contributed by atoms with van der Waals surface area (Å²) in [6.07, 6.45) is -5.98. The summed E-state index contributed by atoms with van der Waals surface area (Å²) in [7, 11) is 5.25. The number of pyridine rings is 1. The van der Waals surface area contributed by atoms with Gasteiger partial charge in [0.25, 0.3) is 0 Å². The smallest absolute Gasteiger partial charge is 0.311 e. The number of cyclic esters (lactones) is 1. The van der Waals surface area contributed by atoms with Crippen molar-refractivity contribution in [2.75, 3.05) is 27.7 Å². The molecule has 2 aromatic rings. The van der Waals surface area contributed by atoms with Crippen LogP contribution in [0.1, 0.15) is 94.9 Å². The second kappa shape index (κ2) is 20.1. The van der Waals surface area contributed by atoms with Gasteiger partial charge in [-0.2, -0.15) is 0 Å². The maximum absolute atomic E-state index is 14.5. The molecule has 0 saturated carbocycles. The summed E-state index contributed by atoms with van der Waals surface area (Å²) in [5.41, 5.74) is -3.59. The molecular weight excluding hydrogens is 787 g/mol. The Bertz CT molecular complexity index is 1730. The number of methoxy groups -OCH3 is 1. The Morgan fingerprint density at radius 1 is 0.967 bits per heavy atom. The van der Waals surface area contributed by atoms with E-state index < -0.39 is 96.0 Å². The molecule has 3 fully saturated rings. The minimum absolute atomic E-state index is 0.131. The lowest BCUT2D eigenvalue weighted by atomic mass is 9.77. The van der Waals surface area contributed by atoms with Gasteiger partial charge >= 0.3 is 5.97 Å². The summed E-state index contributed by atoms with van der Waals surface area (Å²) in [6, 6.07) is 8.78. The van der Waals surface area contributed by atoms with Gasteiger partial charge in [-0.25, -0.2) is 0 Å². The molecule has 3 aliphatic rings. The normalized spacial score (nSPS) is 43.9. The number of carbonyl (C=O) groups is 1. The van der Waals surface area contributed by atoms with Gasteiger partial charge in [-0.3, -0.25) is 9.78 Å². The fourth-order valence-corrected chi connectivity index (χ4v) is 9.94. The molecule has 346 valence electrons. The van der Waals surface area contributed by atoms with Gasteiger partial charge in [0.15, 0.2) is 18.7 Å². The van der Waals surface area contributed by atoms with Crippen molar-refractivity contribution in [3.8, 4) is 5.75 Å². The molecule has 0 bridgehead atoms. The molecule has 4 heterocycles. The molecule has 1 aromatic heterocycles. The number of esters is 1. The highest BCUT2D eigenvalue weighted by molar-refractivity contribution is 5.79.